The summed E-state index contributed by atoms with van der Waals surface area (Å²) in [5.41, 5.74) is -0.618. The fraction of sp³-hybridized carbons (Fsp3) is 0.412. The highest BCUT2D eigenvalue weighted by Gasteiger charge is 2.31. The van der Waals surface area contributed by atoms with Crippen LogP contribution in [-0.2, 0) is 10.9 Å². The van der Waals surface area contributed by atoms with Gasteiger partial charge in [-0.05, 0) is 31.0 Å². The zero-order chi connectivity index (χ0) is 18.7. The van der Waals surface area contributed by atoms with Gasteiger partial charge in [-0.15, -0.1) is 0 Å². The van der Waals surface area contributed by atoms with E-state index in [1.807, 2.05) is 0 Å². The number of halogens is 3. The van der Waals surface area contributed by atoms with E-state index in [4.69, 9.17) is 9.47 Å². The Labute approximate surface area is 147 Å². The highest BCUT2D eigenvalue weighted by molar-refractivity contribution is 5.95. The van der Waals surface area contributed by atoms with Gasteiger partial charge in [-0.1, -0.05) is 6.07 Å². The first-order valence-electron chi connectivity index (χ1n) is 8.09. The first-order chi connectivity index (χ1) is 12.4. The van der Waals surface area contributed by atoms with Crippen LogP contribution in [-0.4, -0.2) is 42.1 Å². The molecule has 1 N–H and O–H groups in total. The summed E-state index contributed by atoms with van der Waals surface area (Å²) in [6.07, 6.45) is -1.30. The molecule has 1 atom stereocenters. The molecule has 26 heavy (non-hydrogen) atoms. The van der Waals surface area contributed by atoms with Gasteiger partial charge in [0.15, 0.2) is 11.4 Å². The van der Waals surface area contributed by atoms with Crippen molar-refractivity contribution < 1.29 is 27.4 Å². The third-order valence-electron chi connectivity index (χ3n) is 4.07. The lowest BCUT2D eigenvalue weighted by Gasteiger charge is -2.10. The van der Waals surface area contributed by atoms with Gasteiger partial charge in [-0.25, -0.2) is 4.68 Å². The van der Waals surface area contributed by atoms with Crippen molar-refractivity contribution >= 4 is 5.91 Å². The maximum absolute atomic E-state index is 12.9. The second-order valence-corrected chi connectivity index (χ2v) is 5.88. The Balaban J connectivity index is 1.81. The largest absolute Gasteiger partial charge is 0.493 e. The molecule has 1 aromatic carbocycles. The zero-order valence-electron chi connectivity index (χ0n) is 14.0. The molecular weight excluding hydrogens is 351 g/mol. The predicted molar refractivity (Wildman–Crippen MR) is 86.4 cm³/mol. The molecular formula is C17H18F3N3O3. The molecule has 1 amide bonds. The lowest BCUT2D eigenvalue weighted by atomic mass is 10.2. The van der Waals surface area contributed by atoms with Crippen LogP contribution in [0.5, 0.6) is 5.75 Å². The number of alkyl halides is 3. The average Bonchev–Trinajstić information content (AvgIpc) is 3.28. The second-order valence-electron chi connectivity index (χ2n) is 5.88. The zero-order valence-corrected chi connectivity index (χ0v) is 14.0. The number of methoxy groups -OCH3 is 1. The summed E-state index contributed by atoms with van der Waals surface area (Å²) in [6, 6.07) is 4.68. The van der Waals surface area contributed by atoms with Crippen LogP contribution in [0.3, 0.4) is 0 Å². The third kappa shape index (κ3) is 3.98. The Morgan fingerprint density at radius 2 is 2.27 bits per heavy atom. The van der Waals surface area contributed by atoms with Gasteiger partial charge in [0.05, 0.1) is 30.7 Å². The van der Waals surface area contributed by atoms with E-state index in [0.717, 1.165) is 25.0 Å². The van der Waals surface area contributed by atoms with Gasteiger partial charge in [0.25, 0.3) is 5.91 Å². The van der Waals surface area contributed by atoms with Crippen LogP contribution in [0.2, 0.25) is 0 Å². The Morgan fingerprint density at radius 1 is 1.46 bits per heavy atom. The van der Waals surface area contributed by atoms with E-state index in [1.165, 1.54) is 30.1 Å². The van der Waals surface area contributed by atoms with E-state index >= 15 is 0 Å². The highest BCUT2D eigenvalue weighted by atomic mass is 19.4. The van der Waals surface area contributed by atoms with Crippen molar-refractivity contribution in [3.05, 3.63) is 41.7 Å². The fourth-order valence-electron chi connectivity index (χ4n) is 2.72. The van der Waals surface area contributed by atoms with Gasteiger partial charge in [-0.3, -0.25) is 4.79 Å². The third-order valence-corrected chi connectivity index (χ3v) is 4.07. The minimum atomic E-state index is -4.46. The highest BCUT2D eigenvalue weighted by Crippen LogP contribution is 2.30. The van der Waals surface area contributed by atoms with E-state index < -0.39 is 17.6 Å². The number of rotatable bonds is 5. The first kappa shape index (κ1) is 18.2. The van der Waals surface area contributed by atoms with Gasteiger partial charge in [0.1, 0.15) is 0 Å². The van der Waals surface area contributed by atoms with Crippen molar-refractivity contribution in [3.63, 3.8) is 0 Å². The minimum Gasteiger partial charge on any atom is -0.493 e. The van der Waals surface area contributed by atoms with Crippen molar-refractivity contribution in [2.45, 2.75) is 25.1 Å². The number of aromatic nitrogens is 2. The molecule has 140 valence electrons. The average molecular weight is 369 g/mol. The first-order valence-corrected chi connectivity index (χ1v) is 8.09. The fourth-order valence-corrected chi connectivity index (χ4v) is 2.72. The normalized spacial score (nSPS) is 17.3. The number of carbonyl (C=O) groups is 1. The van der Waals surface area contributed by atoms with Crippen LogP contribution in [0, 0.1) is 0 Å². The molecule has 3 rings (SSSR count). The number of benzene rings is 1. The molecule has 0 unspecified atom stereocenters. The van der Waals surface area contributed by atoms with Gasteiger partial charge < -0.3 is 14.8 Å². The smallest absolute Gasteiger partial charge is 0.416 e. The Hall–Kier alpha value is -2.55. The topological polar surface area (TPSA) is 65.4 Å². The van der Waals surface area contributed by atoms with Crippen LogP contribution in [0.25, 0.3) is 5.69 Å². The maximum atomic E-state index is 12.9. The van der Waals surface area contributed by atoms with Gasteiger partial charge in [0.2, 0.25) is 0 Å². The van der Waals surface area contributed by atoms with Crippen molar-refractivity contribution in [3.8, 4) is 11.4 Å². The summed E-state index contributed by atoms with van der Waals surface area (Å²) in [5, 5.41) is 6.81. The van der Waals surface area contributed by atoms with Crippen LogP contribution < -0.4 is 10.1 Å². The van der Waals surface area contributed by atoms with Crippen LogP contribution in [0.15, 0.2) is 30.5 Å². The summed E-state index contributed by atoms with van der Waals surface area (Å²) in [4.78, 5) is 12.3. The van der Waals surface area contributed by atoms with Crippen LogP contribution in [0.4, 0.5) is 13.2 Å². The summed E-state index contributed by atoms with van der Waals surface area (Å²) >= 11 is 0. The Kier molecular flexibility index (Phi) is 5.17. The molecule has 6 nitrogen and oxygen atoms in total. The van der Waals surface area contributed by atoms with E-state index in [-0.39, 0.29) is 23.2 Å². The van der Waals surface area contributed by atoms with Crippen LogP contribution >= 0.6 is 0 Å². The Bertz CT molecular complexity index is 783. The lowest BCUT2D eigenvalue weighted by molar-refractivity contribution is -0.137. The van der Waals surface area contributed by atoms with Gasteiger partial charge >= 0.3 is 6.18 Å². The number of nitrogens with zero attached hydrogens (tertiary/aromatic N) is 2. The summed E-state index contributed by atoms with van der Waals surface area (Å²) in [7, 11) is 1.37. The maximum Gasteiger partial charge on any atom is 0.416 e. The standard InChI is InChI=1S/C17H18F3N3O3/c1-25-14-10-23(12-5-2-4-11(8-12)17(18,19)20)22-15(14)16(24)21-9-13-6-3-7-26-13/h2,4-5,8,10,13H,3,6-7,9H2,1H3,(H,21,24)/t13-/m0/s1. The molecule has 1 saturated heterocycles. The molecule has 1 aliphatic heterocycles. The van der Waals surface area contributed by atoms with Crippen molar-refractivity contribution in [2.24, 2.45) is 0 Å². The quantitative estimate of drug-likeness (QED) is 0.880. The predicted octanol–water partition coefficient (Wildman–Crippen LogP) is 2.81. The van der Waals surface area contributed by atoms with Gasteiger partial charge in [0, 0.05) is 13.2 Å². The molecule has 0 bridgehead atoms. The van der Waals surface area contributed by atoms with Crippen molar-refractivity contribution in [1.29, 1.82) is 0 Å². The summed E-state index contributed by atoms with van der Waals surface area (Å²) in [5.74, 6) is -0.296. The molecule has 1 aromatic heterocycles. The van der Waals surface area contributed by atoms with Crippen LogP contribution in [0.1, 0.15) is 28.9 Å². The number of hydrogen-bond acceptors (Lipinski definition) is 4. The summed E-state index contributed by atoms with van der Waals surface area (Å²) in [6.45, 7) is 1.02. The molecule has 1 fully saturated rings. The summed E-state index contributed by atoms with van der Waals surface area (Å²) < 4.78 is 50.4. The number of hydrogen-bond donors (Lipinski definition) is 1. The number of amides is 1. The molecule has 0 saturated carbocycles. The van der Waals surface area contributed by atoms with E-state index in [1.54, 1.807) is 0 Å². The van der Waals surface area contributed by atoms with Crippen molar-refractivity contribution in [1.82, 2.24) is 15.1 Å². The minimum absolute atomic E-state index is 0.00269. The van der Waals surface area contributed by atoms with E-state index in [2.05, 4.69) is 10.4 Å². The molecule has 1 aliphatic rings. The van der Waals surface area contributed by atoms with Gasteiger partial charge in [-0.2, -0.15) is 18.3 Å². The Morgan fingerprint density at radius 3 is 2.92 bits per heavy atom. The van der Waals surface area contributed by atoms with E-state index in [9.17, 15) is 18.0 Å². The number of ether oxygens (including phenoxy) is 2. The number of carbonyl (C=O) groups excluding carboxylic acids is 1. The molecule has 2 aromatic rings. The monoisotopic (exact) mass is 369 g/mol. The molecule has 0 spiro atoms. The molecule has 9 heteroatoms. The molecule has 0 aliphatic carbocycles. The van der Waals surface area contributed by atoms with E-state index in [0.29, 0.717) is 13.2 Å². The molecule has 0 radical (unpaired) electrons. The lowest BCUT2D eigenvalue weighted by Crippen LogP contribution is -2.32. The number of nitrogens with one attached hydrogen (secondary N) is 1. The SMILES string of the molecule is COc1cn(-c2cccc(C(F)(F)F)c2)nc1C(=O)NC[C@@H]1CCCO1. The van der Waals surface area contributed by atoms with Crippen molar-refractivity contribution in [2.75, 3.05) is 20.3 Å². The second kappa shape index (κ2) is 7.36. The molecule has 2 heterocycles.